The van der Waals surface area contributed by atoms with Crippen LogP contribution in [0.25, 0.3) is 23.2 Å². The normalized spacial score (nSPS) is 11.9. The van der Waals surface area contributed by atoms with E-state index in [0.29, 0.717) is 23.2 Å². The van der Waals surface area contributed by atoms with E-state index < -0.39 is 5.82 Å². The fourth-order valence-electron chi connectivity index (χ4n) is 3.48. The summed E-state index contributed by atoms with van der Waals surface area (Å²) in [4.78, 5) is 4.45. The van der Waals surface area contributed by atoms with Crippen molar-refractivity contribution in [2.45, 2.75) is 13.2 Å². The Morgan fingerprint density at radius 3 is 2.90 bits per heavy atom. The molecule has 1 aliphatic heterocycles. The average molecular weight is 408 g/mol. The molecule has 29 heavy (non-hydrogen) atoms. The molecule has 2 aromatic heterocycles. The van der Waals surface area contributed by atoms with Crippen LogP contribution in [0.2, 0.25) is 5.02 Å². The van der Waals surface area contributed by atoms with Crippen LogP contribution >= 0.6 is 11.6 Å². The summed E-state index contributed by atoms with van der Waals surface area (Å²) in [6.45, 7) is 4.39. The third kappa shape index (κ3) is 2.91. The zero-order valence-corrected chi connectivity index (χ0v) is 16.0. The summed E-state index contributed by atoms with van der Waals surface area (Å²) in [5.41, 5.74) is 3.44. The van der Waals surface area contributed by atoms with Gasteiger partial charge in [-0.15, -0.1) is 10.2 Å². The van der Waals surface area contributed by atoms with Crippen LogP contribution in [0.5, 0.6) is 5.75 Å². The molecule has 0 aliphatic carbocycles. The Bertz CT molecular complexity index is 1250. The van der Waals surface area contributed by atoms with Crippen LogP contribution in [0.1, 0.15) is 17.2 Å². The van der Waals surface area contributed by atoms with Gasteiger partial charge < -0.3 is 13.9 Å². The number of benzene rings is 2. The third-order valence-electron chi connectivity index (χ3n) is 4.88. The number of rotatable bonds is 4. The predicted molar refractivity (Wildman–Crippen MR) is 108 cm³/mol. The van der Waals surface area contributed by atoms with Crippen LogP contribution in [0.15, 0.2) is 55.4 Å². The van der Waals surface area contributed by atoms with Crippen LogP contribution in [0, 0.1) is 5.82 Å². The minimum absolute atomic E-state index is 0.0708. The van der Waals surface area contributed by atoms with E-state index in [0.717, 1.165) is 22.6 Å². The molecule has 4 aromatic rings. The summed E-state index contributed by atoms with van der Waals surface area (Å²) in [5.74, 6) is 0.971. The molecular formula is C21H15ClFN5O. The van der Waals surface area contributed by atoms with E-state index in [1.54, 1.807) is 30.6 Å². The molecule has 6 nitrogen and oxygen atoms in total. The molecule has 0 spiro atoms. The lowest BCUT2D eigenvalue weighted by atomic mass is 10.1. The second-order valence-electron chi connectivity index (χ2n) is 6.56. The van der Waals surface area contributed by atoms with E-state index in [9.17, 15) is 4.39 Å². The summed E-state index contributed by atoms with van der Waals surface area (Å²) in [5, 5.41) is 9.26. The van der Waals surface area contributed by atoms with Crippen molar-refractivity contribution in [1.29, 1.82) is 0 Å². The van der Waals surface area contributed by atoms with Gasteiger partial charge in [0.15, 0.2) is 23.2 Å². The van der Waals surface area contributed by atoms with Crippen LogP contribution in [-0.2, 0) is 13.2 Å². The van der Waals surface area contributed by atoms with E-state index in [-0.39, 0.29) is 12.4 Å². The van der Waals surface area contributed by atoms with E-state index in [1.165, 1.54) is 6.07 Å². The number of halogens is 2. The number of imidazole rings is 1. The average Bonchev–Trinajstić information content (AvgIpc) is 3.28. The van der Waals surface area contributed by atoms with Crippen molar-refractivity contribution in [2.75, 3.05) is 0 Å². The Balaban J connectivity index is 1.62. The molecule has 0 atom stereocenters. The van der Waals surface area contributed by atoms with Gasteiger partial charge in [0.2, 0.25) is 0 Å². The maximum absolute atomic E-state index is 13.9. The van der Waals surface area contributed by atoms with Crippen LogP contribution in [0.3, 0.4) is 0 Å². The third-order valence-corrected chi connectivity index (χ3v) is 5.11. The minimum Gasteiger partial charge on any atom is -0.483 e. The van der Waals surface area contributed by atoms with Crippen LogP contribution in [-0.4, -0.2) is 24.3 Å². The maximum atomic E-state index is 13.9. The van der Waals surface area contributed by atoms with Gasteiger partial charge in [0.25, 0.3) is 0 Å². The maximum Gasteiger partial charge on any atom is 0.171 e. The highest BCUT2D eigenvalue weighted by atomic mass is 35.5. The Hall–Kier alpha value is -3.45. The molecule has 2 aromatic carbocycles. The molecule has 0 saturated heterocycles. The second kappa shape index (κ2) is 6.86. The van der Waals surface area contributed by atoms with Gasteiger partial charge in [0.1, 0.15) is 12.9 Å². The summed E-state index contributed by atoms with van der Waals surface area (Å²) in [6, 6.07) is 11.9. The first-order valence-corrected chi connectivity index (χ1v) is 9.32. The van der Waals surface area contributed by atoms with Crippen molar-refractivity contribution in [2.24, 2.45) is 0 Å². The molecule has 0 N–H and O–H groups in total. The number of hydrogen-bond donors (Lipinski definition) is 0. The molecule has 1 aliphatic rings. The number of nitrogens with zero attached hydrogens (tertiary/aromatic N) is 5. The molecule has 5 rings (SSSR count). The lowest BCUT2D eigenvalue weighted by Gasteiger charge is -2.10. The fourth-order valence-corrected chi connectivity index (χ4v) is 3.65. The molecule has 0 unspecified atom stereocenters. The van der Waals surface area contributed by atoms with Crippen LogP contribution < -0.4 is 4.74 Å². The van der Waals surface area contributed by atoms with Gasteiger partial charge in [0.05, 0.1) is 23.6 Å². The SMILES string of the molecule is C=Cc1ncn2c1Cn1c(COc3ccccc3F)nnc1-c1cc(Cl)ccc1-2. The highest BCUT2D eigenvalue weighted by molar-refractivity contribution is 6.31. The van der Waals surface area contributed by atoms with Gasteiger partial charge in [0, 0.05) is 10.6 Å². The fraction of sp³-hybridized carbons (Fsp3) is 0.0952. The molecule has 0 amide bonds. The molecule has 3 heterocycles. The Labute approximate surface area is 170 Å². The molecule has 0 bridgehead atoms. The monoisotopic (exact) mass is 407 g/mol. The van der Waals surface area contributed by atoms with E-state index in [2.05, 4.69) is 21.8 Å². The summed E-state index contributed by atoms with van der Waals surface area (Å²) in [7, 11) is 0. The molecule has 8 heteroatoms. The number of para-hydroxylation sites is 1. The lowest BCUT2D eigenvalue weighted by Crippen LogP contribution is -2.11. The summed E-state index contributed by atoms with van der Waals surface area (Å²) >= 11 is 6.26. The van der Waals surface area contributed by atoms with Crippen molar-refractivity contribution < 1.29 is 9.13 Å². The molecule has 0 fully saturated rings. The standard InChI is InChI=1S/C21H15ClFN5O/c1-2-16-18-10-27-20(11-29-19-6-4-3-5-15(19)23)25-26-21(27)14-9-13(22)7-8-17(14)28(18)12-24-16/h2-9,12H,1,10-11H2. The second-order valence-corrected chi connectivity index (χ2v) is 6.99. The van der Waals surface area contributed by atoms with Gasteiger partial charge >= 0.3 is 0 Å². The summed E-state index contributed by atoms with van der Waals surface area (Å²) < 4.78 is 23.5. The van der Waals surface area contributed by atoms with Gasteiger partial charge in [-0.1, -0.05) is 30.3 Å². The zero-order valence-electron chi connectivity index (χ0n) is 15.2. The van der Waals surface area contributed by atoms with E-state index in [4.69, 9.17) is 16.3 Å². The molecule has 0 saturated carbocycles. The first-order chi connectivity index (χ1) is 14.2. The predicted octanol–water partition coefficient (Wildman–Crippen LogP) is 4.51. The number of hydrogen-bond acceptors (Lipinski definition) is 4. The van der Waals surface area contributed by atoms with Crippen molar-refractivity contribution >= 4 is 17.7 Å². The van der Waals surface area contributed by atoms with Crippen molar-refractivity contribution in [1.82, 2.24) is 24.3 Å². The number of fused-ring (bicyclic) bond motifs is 5. The highest BCUT2D eigenvalue weighted by Gasteiger charge is 2.25. The van der Waals surface area contributed by atoms with E-state index >= 15 is 0 Å². The highest BCUT2D eigenvalue weighted by Crippen LogP contribution is 2.34. The Kier molecular flexibility index (Phi) is 4.17. The molecule has 0 radical (unpaired) electrons. The Morgan fingerprint density at radius 2 is 2.07 bits per heavy atom. The van der Waals surface area contributed by atoms with Gasteiger partial charge in [-0.25, -0.2) is 9.37 Å². The lowest BCUT2D eigenvalue weighted by molar-refractivity contribution is 0.276. The summed E-state index contributed by atoms with van der Waals surface area (Å²) in [6.07, 6.45) is 3.47. The number of aromatic nitrogens is 5. The smallest absolute Gasteiger partial charge is 0.171 e. The first-order valence-electron chi connectivity index (χ1n) is 8.94. The minimum atomic E-state index is -0.424. The van der Waals surface area contributed by atoms with Crippen molar-refractivity contribution in [3.8, 4) is 22.8 Å². The van der Waals surface area contributed by atoms with Gasteiger partial charge in [-0.05, 0) is 36.4 Å². The first kappa shape index (κ1) is 17.6. The Morgan fingerprint density at radius 1 is 1.21 bits per heavy atom. The van der Waals surface area contributed by atoms with Gasteiger partial charge in [-0.3, -0.25) is 0 Å². The topological polar surface area (TPSA) is 57.8 Å². The van der Waals surface area contributed by atoms with Crippen molar-refractivity contribution in [3.05, 3.63) is 83.4 Å². The van der Waals surface area contributed by atoms with Crippen molar-refractivity contribution in [3.63, 3.8) is 0 Å². The van der Waals surface area contributed by atoms with E-state index in [1.807, 2.05) is 27.3 Å². The molecule has 144 valence electrons. The van der Waals surface area contributed by atoms with Gasteiger partial charge in [-0.2, -0.15) is 0 Å². The molecular weight excluding hydrogens is 393 g/mol. The largest absolute Gasteiger partial charge is 0.483 e. The zero-order chi connectivity index (χ0) is 20.0. The quantitative estimate of drug-likeness (QED) is 0.440. The number of ether oxygens (including phenoxy) is 1. The van der Waals surface area contributed by atoms with Crippen LogP contribution in [0.4, 0.5) is 4.39 Å².